The zero-order valence-electron chi connectivity index (χ0n) is 11.7. The lowest BCUT2D eigenvalue weighted by Crippen LogP contribution is -2.10. The van der Waals surface area contributed by atoms with E-state index >= 15 is 0 Å². The van der Waals surface area contributed by atoms with Crippen molar-refractivity contribution in [1.82, 2.24) is 4.98 Å². The van der Waals surface area contributed by atoms with E-state index in [4.69, 9.17) is 0 Å². The minimum atomic E-state index is -0.234. The van der Waals surface area contributed by atoms with Gasteiger partial charge in [-0.25, -0.2) is 0 Å². The molecule has 19 heavy (non-hydrogen) atoms. The quantitative estimate of drug-likeness (QED) is 0.757. The molecular weight excluding hydrogens is 234 g/mol. The number of hydrogen-bond donors (Lipinski definition) is 1. The summed E-state index contributed by atoms with van der Waals surface area (Å²) in [5, 5.41) is 11.3. The van der Waals surface area contributed by atoms with Crippen LogP contribution in [0.2, 0.25) is 0 Å². The topological polar surface area (TPSA) is 33.1 Å². The number of nitrogens with zero attached hydrogens (tertiary/aromatic N) is 1. The number of benzene rings is 1. The second-order valence-corrected chi connectivity index (χ2v) is 5.19. The number of para-hydroxylation sites is 1. The first-order valence-corrected chi connectivity index (χ1v) is 7.32. The molecule has 2 aromatic rings. The van der Waals surface area contributed by atoms with E-state index in [1.165, 1.54) is 24.8 Å². The highest BCUT2D eigenvalue weighted by molar-refractivity contribution is 5.81. The van der Waals surface area contributed by atoms with Crippen LogP contribution < -0.4 is 0 Å². The molecule has 0 aliphatic carbocycles. The molecule has 0 amide bonds. The predicted molar refractivity (Wildman–Crippen MR) is 80.2 cm³/mol. The molecule has 2 rings (SSSR count). The van der Waals surface area contributed by atoms with Gasteiger partial charge in [0.25, 0.3) is 0 Å². The third kappa shape index (κ3) is 4.03. The molecule has 1 heterocycles. The third-order valence-corrected chi connectivity index (χ3v) is 3.59. The molecule has 1 atom stereocenters. The Morgan fingerprint density at radius 1 is 1.11 bits per heavy atom. The number of unbranched alkanes of at least 4 members (excludes halogenated alkanes) is 3. The molecule has 1 unspecified atom stereocenters. The third-order valence-electron chi connectivity index (χ3n) is 3.59. The summed E-state index contributed by atoms with van der Waals surface area (Å²) in [5.41, 5.74) is 2.21. The van der Waals surface area contributed by atoms with Gasteiger partial charge in [-0.15, -0.1) is 0 Å². The zero-order valence-corrected chi connectivity index (χ0v) is 11.7. The summed E-state index contributed by atoms with van der Waals surface area (Å²) in [6, 6.07) is 10.2. The van der Waals surface area contributed by atoms with Gasteiger partial charge in [-0.2, -0.15) is 0 Å². The summed E-state index contributed by atoms with van der Waals surface area (Å²) >= 11 is 0. The van der Waals surface area contributed by atoms with E-state index in [1.807, 2.05) is 30.5 Å². The maximum atomic E-state index is 10.1. The summed E-state index contributed by atoms with van der Waals surface area (Å²) < 4.78 is 0. The predicted octanol–water partition coefficient (Wildman–Crippen LogP) is 4.11. The van der Waals surface area contributed by atoms with Gasteiger partial charge in [-0.05, 0) is 30.5 Å². The maximum absolute atomic E-state index is 10.1. The van der Waals surface area contributed by atoms with Gasteiger partial charge in [0.05, 0.1) is 11.6 Å². The number of hydrogen-bond acceptors (Lipinski definition) is 2. The molecule has 0 aliphatic rings. The highest BCUT2D eigenvalue weighted by atomic mass is 16.3. The molecule has 0 spiro atoms. The van der Waals surface area contributed by atoms with Crippen LogP contribution in [0.15, 0.2) is 36.5 Å². The van der Waals surface area contributed by atoms with E-state index in [0.29, 0.717) is 0 Å². The van der Waals surface area contributed by atoms with Crippen molar-refractivity contribution in [3.63, 3.8) is 0 Å². The van der Waals surface area contributed by atoms with Crippen LogP contribution in [0.1, 0.15) is 44.6 Å². The molecule has 1 N–H and O–H groups in total. The van der Waals surface area contributed by atoms with Crippen LogP contribution >= 0.6 is 0 Å². The standard InChI is InChI=1S/C17H23NO/c1-2-3-4-5-8-15(19)13-14-11-12-18-17-10-7-6-9-16(14)17/h6-7,9-12,15,19H,2-5,8,13H2,1H3. The molecule has 2 nitrogen and oxygen atoms in total. The van der Waals surface area contributed by atoms with E-state index in [9.17, 15) is 5.11 Å². The van der Waals surface area contributed by atoms with Crippen molar-refractivity contribution in [3.05, 3.63) is 42.1 Å². The largest absolute Gasteiger partial charge is 0.393 e. The summed E-state index contributed by atoms with van der Waals surface area (Å²) in [7, 11) is 0. The molecule has 0 radical (unpaired) electrons. The summed E-state index contributed by atoms with van der Waals surface area (Å²) in [6.45, 7) is 2.21. The molecule has 1 aromatic heterocycles. The van der Waals surface area contributed by atoms with Gasteiger partial charge < -0.3 is 5.11 Å². The van der Waals surface area contributed by atoms with E-state index in [0.717, 1.165) is 30.2 Å². The van der Waals surface area contributed by atoms with Crippen molar-refractivity contribution in [3.8, 4) is 0 Å². The van der Waals surface area contributed by atoms with E-state index < -0.39 is 0 Å². The van der Waals surface area contributed by atoms with Crippen molar-refractivity contribution in [2.45, 2.75) is 51.6 Å². The first-order chi connectivity index (χ1) is 9.31. The fraction of sp³-hybridized carbons (Fsp3) is 0.471. The van der Waals surface area contributed by atoms with E-state index in [1.54, 1.807) is 0 Å². The summed E-state index contributed by atoms with van der Waals surface area (Å²) in [4.78, 5) is 4.35. The minimum Gasteiger partial charge on any atom is -0.393 e. The highest BCUT2D eigenvalue weighted by Crippen LogP contribution is 2.19. The van der Waals surface area contributed by atoms with Crippen molar-refractivity contribution in [2.24, 2.45) is 0 Å². The number of pyridine rings is 1. The number of fused-ring (bicyclic) bond motifs is 1. The molecule has 0 saturated carbocycles. The fourth-order valence-electron chi connectivity index (χ4n) is 2.50. The van der Waals surface area contributed by atoms with Crippen LogP contribution in [-0.2, 0) is 6.42 Å². The Hall–Kier alpha value is -1.41. The van der Waals surface area contributed by atoms with Gasteiger partial charge >= 0.3 is 0 Å². The van der Waals surface area contributed by atoms with Crippen LogP contribution in [0, 0.1) is 0 Å². The molecule has 0 fully saturated rings. The van der Waals surface area contributed by atoms with Crippen LogP contribution in [0.5, 0.6) is 0 Å². The lowest BCUT2D eigenvalue weighted by molar-refractivity contribution is 0.161. The minimum absolute atomic E-state index is 0.234. The molecule has 2 heteroatoms. The summed E-state index contributed by atoms with van der Waals surface area (Å²) in [5.74, 6) is 0. The Balaban J connectivity index is 1.97. The van der Waals surface area contributed by atoms with Gasteiger partial charge in [0.1, 0.15) is 0 Å². The van der Waals surface area contributed by atoms with E-state index in [-0.39, 0.29) is 6.10 Å². The smallest absolute Gasteiger partial charge is 0.0704 e. The Labute approximate surface area is 115 Å². The van der Waals surface area contributed by atoms with Crippen molar-refractivity contribution in [2.75, 3.05) is 0 Å². The molecule has 1 aromatic carbocycles. The number of aromatic nitrogens is 1. The molecule has 102 valence electrons. The van der Waals surface area contributed by atoms with Gasteiger partial charge in [-0.1, -0.05) is 50.8 Å². The SMILES string of the molecule is CCCCCCC(O)Cc1ccnc2ccccc12. The number of aliphatic hydroxyl groups is 1. The Kier molecular flexibility index (Phi) is 5.34. The Morgan fingerprint density at radius 2 is 1.95 bits per heavy atom. The van der Waals surface area contributed by atoms with Crippen LogP contribution in [0.4, 0.5) is 0 Å². The van der Waals surface area contributed by atoms with E-state index in [2.05, 4.69) is 18.0 Å². The lowest BCUT2D eigenvalue weighted by atomic mass is 10.00. The Bertz CT molecular complexity index is 504. The molecular formula is C17H23NO. The maximum Gasteiger partial charge on any atom is 0.0704 e. The van der Waals surface area contributed by atoms with Crippen LogP contribution in [-0.4, -0.2) is 16.2 Å². The van der Waals surface area contributed by atoms with Gasteiger partial charge in [0.2, 0.25) is 0 Å². The van der Waals surface area contributed by atoms with Crippen molar-refractivity contribution in [1.29, 1.82) is 0 Å². The molecule has 0 aliphatic heterocycles. The fourth-order valence-corrected chi connectivity index (χ4v) is 2.50. The van der Waals surface area contributed by atoms with Crippen molar-refractivity contribution >= 4 is 10.9 Å². The monoisotopic (exact) mass is 257 g/mol. The van der Waals surface area contributed by atoms with Crippen LogP contribution in [0.3, 0.4) is 0 Å². The second-order valence-electron chi connectivity index (χ2n) is 5.19. The lowest BCUT2D eigenvalue weighted by Gasteiger charge is -2.12. The van der Waals surface area contributed by atoms with Gasteiger partial charge in [0, 0.05) is 11.6 Å². The average Bonchev–Trinajstić information content (AvgIpc) is 2.44. The number of rotatable bonds is 7. The average molecular weight is 257 g/mol. The molecule has 0 saturated heterocycles. The van der Waals surface area contributed by atoms with Gasteiger partial charge in [-0.3, -0.25) is 4.98 Å². The normalized spacial score (nSPS) is 12.7. The van der Waals surface area contributed by atoms with Gasteiger partial charge in [0.15, 0.2) is 0 Å². The summed E-state index contributed by atoms with van der Waals surface area (Å²) in [6.07, 6.45) is 8.09. The van der Waals surface area contributed by atoms with Crippen LogP contribution in [0.25, 0.3) is 10.9 Å². The molecule has 0 bridgehead atoms. The Morgan fingerprint density at radius 3 is 2.79 bits per heavy atom. The zero-order chi connectivity index (χ0) is 13.5. The van der Waals surface area contributed by atoms with Crippen molar-refractivity contribution < 1.29 is 5.11 Å². The first kappa shape index (κ1) is 14.0. The highest BCUT2D eigenvalue weighted by Gasteiger charge is 2.08. The number of aliphatic hydroxyl groups excluding tert-OH is 1. The first-order valence-electron chi connectivity index (χ1n) is 7.32. The second kappa shape index (κ2) is 7.25.